The van der Waals surface area contributed by atoms with Crippen LogP contribution < -0.4 is 5.32 Å². The van der Waals surface area contributed by atoms with Crippen LogP contribution in [0, 0.1) is 23.6 Å². The standard InChI is InChI=1S/C18H27BrFN/c1-13(2)11-21-12-16(14-5-3-4-6-14)9-15-10-17(19)7-8-18(15)20/h7-8,10,13-14,16,21H,3-6,9,11-12H2,1-2H3. The van der Waals surface area contributed by atoms with Gasteiger partial charge in [0.15, 0.2) is 0 Å². The van der Waals surface area contributed by atoms with E-state index in [4.69, 9.17) is 0 Å². The van der Waals surface area contributed by atoms with Crippen LogP contribution in [0.3, 0.4) is 0 Å². The van der Waals surface area contributed by atoms with Gasteiger partial charge in [0.1, 0.15) is 5.82 Å². The van der Waals surface area contributed by atoms with Crippen molar-refractivity contribution in [2.75, 3.05) is 13.1 Å². The minimum Gasteiger partial charge on any atom is -0.316 e. The first-order valence-electron chi connectivity index (χ1n) is 8.21. The summed E-state index contributed by atoms with van der Waals surface area (Å²) in [7, 11) is 0. The molecule has 0 heterocycles. The van der Waals surface area contributed by atoms with Crippen LogP contribution in [-0.4, -0.2) is 13.1 Å². The second-order valence-electron chi connectivity index (χ2n) is 6.80. The Morgan fingerprint density at radius 1 is 1.24 bits per heavy atom. The van der Waals surface area contributed by atoms with E-state index in [1.54, 1.807) is 12.1 Å². The van der Waals surface area contributed by atoms with E-state index in [9.17, 15) is 4.39 Å². The van der Waals surface area contributed by atoms with Crippen molar-refractivity contribution in [3.63, 3.8) is 0 Å². The van der Waals surface area contributed by atoms with E-state index in [2.05, 4.69) is 35.1 Å². The highest BCUT2D eigenvalue weighted by molar-refractivity contribution is 9.10. The molecule has 2 rings (SSSR count). The van der Waals surface area contributed by atoms with Gasteiger partial charge in [-0.15, -0.1) is 0 Å². The van der Waals surface area contributed by atoms with Crippen molar-refractivity contribution >= 4 is 15.9 Å². The third kappa shape index (κ3) is 5.37. The Labute approximate surface area is 136 Å². The van der Waals surface area contributed by atoms with Crippen LogP contribution in [0.15, 0.2) is 22.7 Å². The average Bonchev–Trinajstić information content (AvgIpc) is 2.95. The maximum absolute atomic E-state index is 14.0. The van der Waals surface area contributed by atoms with Crippen LogP contribution in [0.2, 0.25) is 0 Å². The van der Waals surface area contributed by atoms with Crippen LogP contribution in [0.4, 0.5) is 4.39 Å². The van der Waals surface area contributed by atoms with E-state index in [1.165, 1.54) is 25.7 Å². The quantitative estimate of drug-likeness (QED) is 0.710. The van der Waals surface area contributed by atoms with Crippen LogP contribution in [0.25, 0.3) is 0 Å². The fourth-order valence-corrected chi connectivity index (χ4v) is 3.78. The zero-order chi connectivity index (χ0) is 15.2. The summed E-state index contributed by atoms with van der Waals surface area (Å²) < 4.78 is 15.0. The zero-order valence-electron chi connectivity index (χ0n) is 13.2. The first-order valence-corrected chi connectivity index (χ1v) is 9.00. The molecule has 0 bridgehead atoms. The number of halogens is 2. The van der Waals surface area contributed by atoms with Gasteiger partial charge in [0.25, 0.3) is 0 Å². The van der Waals surface area contributed by atoms with E-state index in [0.717, 1.165) is 35.5 Å². The van der Waals surface area contributed by atoms with E-state index < -0.39 is 0 Å². The van der Waals surface area contributed by atoms with E-state index >= 15 is 0 Å². The lowest BCUT2D eigenvalue weighted by molar-refractivity contribution is 0.313. The molecule has 1 N–H and O–H groups in total. The fraction of sp³-hybridized carbons (Fsp3) is 0.667. The number of benzene rings is 1. The molecule has 21 heavy (non-hydrogen) atoms. The summed E-state index contributed by atoms with van der Waals surface area (Å²) >= 11 is 3.46. The third-order valence-electron chi connectivity index (χ3n) is 4.52. The Hall–Kier alpha value is -0.410. The summed E-state index contributed by atoms with van der Waals surface area (Å²) in [5.41, 5.74) is 0.854. The van der Waals surface area contributed by atoms with Gasteiger partial charge in [-0.25, -0.2) is 4.39 Å². The average molecular weight is 356 g/mol. The summed E-state index contributed by atoms with van der Waals surface area (Å²) in [6, 6.07) is 5.30. The van der Waals surface area contributed by atoms with Gasteiger partial charge in [-0.2, -0.15) is 0 Å². The summed E-state index contributed by atoms with van der Waals surface area (Å²) in [5.74, 6) is 1.90. The van der Waals surface area contributed by atoms with Crippen LogP contribution >= 0.6 is 15.9 Å². The highest BCUT2D eigenvalue weighted by Gasteiger charge is 2.25. The molecule has 0 radical (unpaired) electrons. The van der Waals surface area contributed by atoms with Crippen molar-refractivity contribution in [1.29, 1.82) is 0 Å². The van der Waals surface area contributed by atoms with Crippen molar-refractivity contribution < 1.29 is 4.39 Å². The van der Waals surface area contributed by atoms with Crippen molar-refractivity contribution in [3.05, 3.63) is 34.1 Å². The molecule has 1 aromatic rings. The maximum Gasteiger partial charge on any atom is 0.126 e. The molecule has 0 aliphatic heterocycles. The molecule has 0 aromatic heterocycles. The summed E-state index contributed by atoms with van der Waals surface area (Å²) in [6.07, 6.45) is 6.15. The molecule has 1 aliphatic carbocycles. The number of rotatable bonds is 7. The van der Waals surface area contributed by atoms with Gasteiger partial charge in [-0.05, 0) is 61.0 Å². The Morgan fingerprint density at radius 2 is 1.95 bits per heavy atom. The molecule has 1 nitrogen and oxygen atoms in total. The third-order valence-corrected chi connectivity index (χ3v) is 5.01. The molecule has 1 fully saturated rings. The first-order chi connectivity index (χ1) is 10.1. The van der Waals surface area contributed by atoms with Crippen LogP contribution in [0.1, 0.15) is 45.1 Å². The van der Waals surface area contributed by atoms with Gasteiger partial charge in [-0.1, -0.05) is 55.5 Å². The second-order valence-corrected chi connectivity index (χ2v) is 7.71. The predicted molar refractivity (Wildman–Crippen MR) is 91.0 cm³/mol. The molecule has 1 aliphatic rings. The lowest BCUT2D eigenvalue weighted by Gasteiger charge is -2.25. The maximum atomic E-state index is 14.0. The molecule has 1 aromatic carbocycles. The molecule has 0 saturated heterocycles. The van der Waals surface area contributed by atoms with E-state index in [-0.39, 0.29) is 5.82 Å². The topological polar surface area (TPSA) is 12.0 Å². The fourth-order valence-electron chi connectivity index (χ4n) is 3.37. The van der Waals surface area contributed by atoms with Crippen molar-refractivity contribution in [3.8, 4) is 0 Å². The van der Waals surface area contributed by atoms with Gasteiger partial charge in [-0.3, -0.25) is 0 Å². The van der Waals surface area contributed by atoms with E-state index in [0.29, 0.717) is 11.8 Å². The highest BCUT2D eigenvalue weighted by atomic mass is 79.9. The number of hydrogen-bond donors (Lipinski definition) is 1. The molecule has 118 valence electrons. The second kappa shape index (κ2) is 8.28. The Bertz CT molecular complexity index is 441. The van der Waals surface area contributed by atoms with Crippen LogP contribution in [0.5, 0.6) is 0 Å². The molecule has 0 spiro atoms. The molecule has 0 amide bonds. The molecule has 1 atom stereocenters. The monoisotopic (exact) mass is 355 g/mol. The zero-order valence-corrected chi connectivity index (χ0v) is 14.8. The predicted octanol–water partition coefficient (Wildman–Crippen LogP) is 5.18. The van der Waals surface area contributed by atoms with Crippen LogP contribution in [-0.2, 0) is 6.42 Å². The molecular formula is C18H27BrFN. The van der Waals surface area contributed by atoms with Gasteiger partial charge < -0.3 is 5.32 Å². The van der Waals surface area contributed by atoms with Gasteiger partial charge in [0.2, 0.25) is 0 Å². The molecule has 1 saturated carbocycles. The Balaban J connectivity index is 2.01. The minimum atomic E-state index is -0.0648. The molecule has 3 heteroatoms. The summed E-state index contributed by atoms with van der Waals surface area (Å²) in [6.45, 7) is 6.51. The van der Waals surface area contributed by atoms with Gasteiger partial charge in [0, 0.05) is 4.47 Å². The summed E-state index contributed by atoms with van der Waals surface area (Å²) in [5, 5.41) is 3.58. The lowest BCUT2D eigenvalue weighted by Crippen LogP contribution is -2.31. The largest absolute Gasteiger partial charge is 0.316 e. The van der Waals surface area contributed by atoms with Crippen molar-refractivity contribution in [1.82, 2.24) is 5.32 Å². The Kier molecular flexibility index (Phi) is 6.69. The first kappa shape index (κ1) is 17.0. The normalized spacial score (nSPS) is 17.6. The molecular weight excluding hydrogens is 329 g/mol. The SMILES string of the molecule is CC(C)CNCC(Cc1cc(Br)ccc1F)C1CCCC1. The molecule has 1 unspecified atom stereocenters. The Morgan fingerprint density at radius 3 is 2.62 bits per heavy atom. The van der Waals surface area contributed by atoms with Gasteiger partial charge in [0.05, 0.1) is 0 Å². The van der Waals surface area contributed by atoms with Crippen molar-refractivity contribution in [2.24, 2.45) is 17.8 Å². The number of hydrogen-bond acceptors (Lipinski definition) is 1. The van der Waals surface area contributed by atoms with E-state index in [1.807, 2.05) is 6.07 Å². The lowest BCUT2D eigenvalue weighted by atomic mass is 9.85. The van der Waals surface area contributed by atoms with Crippen molar-refractivity contribution in [2.45, 2.75) is 46.0 Å². The number of nitrogens with one attached hydrogen (secondary N) is 1. The smallest absolute Gasteiger partial charge is 0.126 e. The summed E-state index contributed by atoms with van der Waals surface area (Å²) in [4.78, 5) is 0. The van der Waals surface area contributed by atoms with Gasteiger partial charge >= 0.3 is 0 Å². The minimum absolute atomic E-state index is 0.0648. The highest BCUT2D eigenvalue weighted by Crippen LogP contribution is 2.33.